The second-order valence-corrected chi connectivity index (χ2v) is 8.77. The van der Waals surface area contributed by atoms with Crippen LogP contribution < -0.4 is 4.90 Å². The lowest BCUT2D eigenvalue weighted by Crippen LogP contribution is -2.55. The molecule has 8 heteroatoms. The van der Waals surface area contributed by atoms with Crippen LogP contribution in [0.4, 0.5) is 18.9 Å². The highest BCUT2D eigenvalue weighted by Gasteiger charge is 2.40. The van der Waals surface area contributed by atoms with Crippen molar-refractivity contribution in [1.29, 1.82) is 0 Å². The monoisotopic (exact) mass is 411 g/mol. The third-order valence-corrected chi connectivity index (χ3v) is 5.57. The lowest BCUT2D eigenvalue weighted by Gasteiger charge is -2.39. The molecule has 1 atom stereocenters. The zero-order valence-electron chi connectivity index (χ0n) is 17.1. The standard InChI is InChI=1S/C21H28F3N3O2/c1-20(2,3)19(29)27-9-5-8-17(27)18(28)26-12-10-25(11-13-26)16-7-4-6-15(14-16)21(22,23)24/h4,6-7,14,17H,5,8-13H2,1-3H3. The Morgan fingerprint density at radius 3 is 2.24 bits per heavy atom. The molecule has 5 nitrogen and oxygen atoms in total. The molecule has 2 saturated heterocycles. The first-order valence-electron chi connectivity index (χ1n) is 10.0. The fraction of sp³-hybridized carbons (Fsp3) is 0.619. The van der Waals surface area contributed by atoms with E-state index in [1.807, 2.05) is 25.7 Å². The van der Waals surface area contributed by atoms with Gasteiger partial charge in [-0.1, -0.05) is 26.8 Å². The molecule has 1 aromatic carbocycles. The molecule has 0 aliphatic carbocycles. The fourth-order valence-corrected chi connectivity index (χ4v) is 3.97. The quantitative estimate of drug-likeness (QED) is 0.749. The molecule has 0 N–H and O–H groups in total. The topological polar surface area (TPSA) is 43.9 Å². The van der Waals surface area contributed by atoms with Gasteiger partial charge in [-0.25, -0.2) is 0 Å². The molecule has 0 radical (unpaired) electrons. The van der Waals surface area contributed by atoms with Gasteiger partial charge in [0.15, 0.2) is 0 Å². The summed E-state index contributed by atoms with van der Waals surface area (Å²) in [6, 6.07) is 4.85. The van der Waals surface area contributed by atoms with E-state index in [0.29, 0.717) is 44.8 Å². The maximum atomic E-state index is 13.0. The van der Waals surface area contributed by atoms with Crippen molar-refractivity contribution in [2.24, 2.45) is 5.41 Å². The average Bonchev–Trinajstić information content (AvgIpc) is 3.15. The van der Waals surface area contributed by atoms with Crippen LogP contribution in [0.15, 0.2) is 24.3 Å². The molecule has 2 heterocycles. The van der Waals surface area contributed by atoms with Crippen molar-refractivity contribution < 1.29 is 22.8 Å². The van der Waals surface area contributed by atoms with Gasteiger partial charge in [0.25, 0.3) is 0 Å². The van der Waals surface area contributed by atoms with Crippen LogP contribution in [-0.4, -0.2) is 60.4 Å². The van der Waals surface area contributed by atoms with Crippen molar-refractivity contribution in [2.75, 3.05) is 37.6 Å². The molecular formula is C21H28F3N3O2. The second-order valence-electron chi connectivity index (χ2n) is 8.77. The number of rotatable bonds is 2. The number of carbonyl (C=O) groups excluding carboxylic acids is 2. The molecule has 0 aromatic heterocycles. The van der Waals surface area contributed by atoms with Crippen molar-refractivity contribution >= 4 is 17.5 Å². The number of hydrogen-bond donors (Lipinski definition) is 0. The number of piperazine rings is 1. The highest BCUT2D eigenvalue weighted by Crippen LogP contribution is 2.32. The minimum absolute atomic E-state index is 0.0176. The number of benzene rings is 1. The SMILES string of the molecule is CC(C)(C)C(=O)N1CCCC1C(=O)N1CCN(c2cccc(C(F)(F)F)c2)CC1. The Labute approximate surface area is 169 Å². The normalized spacial score (nSPS) is 20.9. The van der Waals surface area contributed by atoms with Crippen molar-refractivity contribution in [3.05, 3.63) is 29.8 Å². The van der Waals surface area contributed by atoms with E-state index in [9.17, 15) is 22.8 Å². The van der Waals surface area contributed by atoms with Crippen LogP contribution in [-0.2, 0) is 15.8 Å². The Morgan fingerprint density at radius 1 is 1.00 bits per heavy atom. The Kier molecular flexibility index (Phi) is 5.83. The number of amides is 2. The molecule has 29 heavy (non-hydrogen) atoms. The van der Waals surface area contributed by atoms with Crippen LogP contribution in [0.25, 0.3) is 0 Å². The van der Waals surface area contributed by atoms with Crippen molar-refractivity contribution in [3.8, 4) is 0 Å². The van der Waals surface area contributed by atoms with Gasteiger partial charge in [0, 0.05) is 43.8 Å². The van der Waals surface area contributed by atoms with E-state index in [4.69, 9.17) is 0 Å². The molecule has 160 valence electrons. The van der Waals surface area contributed by atoms with Crippen LogP contribution >= 0.6 is 0 Å². The number of carbonyl (C=O) groups is 2. The van der Waals surface area contributed by atoms with Crippen LogP contribution in [0.5, 0.6) is 0 Å². The third kappa shape index (κ3) is 4.67. The molecule has 2 aliphatic rings. The summed E-state index contributed by atoms with van der Waals surface area (Å²) in [6.07, 6.45) is -2.91. The van der Waals surface area contributed by atoms with Gasteiger partial charge in [-0.05, 0) is 31.0 Å². The van der Waals surface area contributed by atoms with Gasteiger partial charge >= 0.3 is 6.18 Å². The van der Waals surface area contributed by atoms with Gasteiger partial charge in [-0.3, -0.25) is 9.59 Å². The molecule has 1 aromatic rings. The average molecular weight is 411 g/mol. The number of halogens is 3. The Balaban J connectivity index is 1.63. The summed E-state index contributed by atoms with van der Waals surface area (Å²) in [5.74, 6) is -0.0697. The predicted molar refractivity (Wildman–Crippen MR) is 104 cm³/mol. The lowest BCUT2D eigenvalue weighted by atomic mass is 9.94. The molecule has 1 unspecified atom stereocenters. The maximum Gasteiger partial charge on any atom is 0.416 e. The van der Waals surface area contributed by atoms with Gasteiger partial charge in [0.05, 0.1) is 5.56 Å². The van der Waals surface area contributed by atoms with Gasteiger partial charge in [-0.2, -0.15) is 13.2 Å². The van der Waals surface area contributed by atoms with E-state index in [1.165, 1.54) is 6.07 Å². The third-order valence-electron chi connectivity index (χ3n) is 5.57. The van der Waals surface area contributed by atoms with Crippen molar-refractivity contribution in [1.82, 2.24) is 9.80 Å². The fourth-order valence-electron chi connectivity index (χ4n) is 3.97. The van der Waals surface area contributed by atoms with Crippen molar-refractivity contribution in [2.45, 2.75) is 45.8 Å². The number of hydrogen-bond acceptors (Lipinski definition) is 3. The first kappa shape index (κ1) is 21.5. The van der Waals surface area contributed by atoms with Gasteiger partial charge in [0.2, 0.25) is 11.8 Å². The van der Waals surface area contributed by atoms with Gasteiger partial charge in [0.1, 0.15) is 6.04 Å². The summed E-state index contributed by atoms with van der Waals surface area (Å²) in [6.45, 7) is 7.94. The van der Waals surface area contributed by atoms with Gasteiger partial charge in [-0.15, -0.1) is 0 Å². The first-order chi connectivity index (χ1) is 13.5. The minimum atomic E-state index is -4.38. The molecule has 3 rings (SSSR count). The molecule has 2 aliphatic heterocycles. The number of likely N-dealkylation sites (tertiary alicyclic amines) is 1. The Hall–Kier alpha value is -2.25. The summed E-state index contributed by atoms with van der Waals surface area (Å²) in [7, 11) is 0. The Bertz CT molecular complexity index is 765. The summed E-state index contributed by atoms with van der Waals surface area (Å²) >= 11 is 0. The van der Waals surface area contributed by atoms with E-state index in [2.05, 4.69) is 0 Å². The first-order valence-corrected chi connectivity index (χ1v) is 10.0. The summed E-state index contributed by atoms with van der Waals surface area (Å²) < 4.78 is 38.9. The molecular weight excluding hydrogens is 383 g/mol. The molecule has 2 amide bonds. The summed E-state index contributed by atoms with van der Waals surface area (Å²) in [5, 5.41) is 0. The van der Waals surface area contributed by atoms with Crippen LogP contribution in [0.2, 0.25) is 0 Å². The number of anilines is 1. The van der Waals surface area contributed by atoms with Crippen molar-refractivity contribution in [3.63, 3.8) is 0 Å². The zero-order chi connectivity index (χ0) is 21.4. The van der Waals surface area contributed by atoms with E-state index in [0.717, 1.165) is 18.6 Å². The van der Waals surface area contributed by atoms with E-state index < -0.39 is 23.2 Å². The molecule has 0 spiro atoms. The largest absolute Gasteiger partial charge is 0.416 e. The number of alkyl halides is 3. The second kappa shape index (κ2) is 7.88. The molecule has 2 fully saturated rings. The highest BCUT2D eigenvalue weighted by molar-refractivity contribution is 5.90. The minimum Gasteiger partial charge on any atom is -0.368 e. The van der Waals surface area contributed by atoms with Crippen LogP contribution in [0.3, 0.4) is 0 Å². The summed E-state index contributed by atoms with van der Waals surface area (Å²) in [5.41, 5.74) is -0.696. The smallest absolute Gasteiger partial charge is 0.368 e. The lowest BCUT2D eigenvalue weighted by molar-refractivity contribution is -0.148. The van der Waals surface area contributed by atoms with E-state index in [-0.39, 0.29) is 11.8 Å². The van der Waals surface area contributed by atoms with Crippen LogP contribution in [0, 0.1) is 5.41 Å². The Morgan fingerprint density at radius 2 is 1.66 bits per heavy atom. The highest BCUT2D eigenvalue weighted by atomic mass is 19.4. The maximum absolute atomic E-state index is 13.0. The van der Waals surface area contributed by atoms with E-state index in [1.54, 1.807) is 15.9 Å². The molecule has 0 saturated carbocycles. The van der Waals surface area contributed by atoms with E-state index >= 15 is 0 Å². The van der Waals surface area contributed by atoms with Crippen LogP contribution in [0.1, 0.15) is 39.2 Å². The summed E-state index contributed by atoms with van der Waals surface area (Å²) in [4.78, 5) is 31.0. The zero-order valence-corrected chi connectivity index (χ0v) is 17.1. The number of nitrogens with zero attached hydrogens (tertiary/aromatic N) is 3. The van der Waals surface area contributed by atoms with Gasteiger partial charge < -0.3 is 14.7 Å². The predicted octanol–water partition coefficient (Wildman–Crippen LogP) is 3.39. The molecule has 0 bridgehead atoms.